The van der Waals surface area contributed by atoms with Crippen molar-refractivity contribution in [2.45, 2.75) is 105 Å². The van der Waals surface area contributed by atoms with Crippen molar-refractivity contribution in [1.82, 2.24) is 35.7 Å². The summed E-state index contributed by atoms with van der Waals surface area (Å²) < 4.78 is 5.83. The van der Waals surface area contributed by atoms with Gasteiger partial charge in [-0.1, -0.05) is 71.9 Å². The zero-order chi connectivity index (χ0) is 43.5. The number of rotatable bonds is 12. The van der Waals surface area contributed by atoms with E-state index in [4.69, 9.17) is 9.72 Å². The van der Waals surface area contributed by atoms with E-state index in [2.05, 4.69) is 78.4 Å². The van der Waals surface area contributed by atoms with Crippen LogP contribution in [-0.4, -0.2) is 119 Å². The molecule has 0 radical (unpaired) electrons. The standard InChI is InChI=1S/C47H64N8O5S/c1-29(31-9-11-32(12-10-31)38-30(2)49-28-61-38)50-41(58)36-19-35(56)23-55(36)42(59)39-44(3,4)20-34(51-39)21-47(26-60-27-47)25-53-15-17-54(18-16-53)37-14-13-33(22-48-37)40(57)52-43-45(5,6)24-46(43,7)8/h9-14,20,22,28-29,35-36,39,43,51,56H,15-19,21,23-27H2,1-8H3,(H,50,58)(H,52,57)/t29-,35+,36-,39+/m0/s1. The van der Waals surface area contributed by atoms with Crippen molar-refractivity contribution in [2.75, 3.05) is 57.4 Å². The molecular formula is C47H64N8O5S. The van der Waals surface area contributed by atoms with Crippen molar-refractivity contribution in [3.05, 3.63) is 76.7 Å². The van der Waals surface area contributed by atoms with Gasteiger partial charge in [-0.05, 0) is 60.8 Å². The molecule has 3 saturated heterocycles. The fourth-order valence-corrected chi connectivity index (χ4v) is 11.9. The molecule has 8 rings (SSSR count). The summed E-state index contributed by atoms with van der Waals surface area (Å²) in [6.07, 6.45) is 5.14. The number of piperazine rings is 1. The van der Waals surface area contributed by atoms with E-state index in [1.807, 2.05) is 55.8 Å². The Hall–Kier alpha value is -4.37. The largest absolute Gasteiger partial charge is 0.391 e. The van der Waals surface area contributed by atoms with Gasteiger partial charge in [0.15, 0.2) is 0 Å². The monoisotopic (exact) mass is 852 g/mol. The number of ether oxygens (including phenoxy) is 1. The number of benzene rings is 1. The molecule has 0 unspecified atom stereocenters. The molecule has 4 aliphatic heterocycles. The van der Waals surface area contributed by atoms with Crippen molar-refractivity contribution in [2.24, 2.45) is 21.7 Å². The number of anilines is 1. The number of hydrogen-bond acceptors (Lipinski definition) is 11. The number of aliphatic hydroxyl groups excluding tert-OH is 1. The number of β-amino-alcohol motifs (C(OH)–C–C–N with tert-alkyl or cyclic N) is 1. The molecule has 14 heteroatoms. The highest BCUT2D eigenvalue weighted by Crippen LogP contribution is 2.53. The summed E-state index contributed by atoms with van der Waals surface area (Å²) in [7, 11) is 0. The highest BCUT2D eigenvalue weighted by molar-refractivity contribution is 7.13. The molecule has 61 heavy (non-hydrogen) atoms. The SMILES string of the molecule is Cc1ncsc1-c1ccc([C@H](C)NC(=O)[C@@H]2C[C@@H](O)CN2C(=O)[C@H]2NC(CC3(CN4CCN(c5ccc(C(=O)NC6C(C)(C)CC6(C)C)cn5)CC4)COC3)=CC2(C)C)cc1. The quantitative estimate of drug-likeness (QED) is 0.189. The van der Waals surface area contributed by atoms with Crippen LogP contribution in [0.25, 0.3) is 10.4 Å². The molecule has 0 bridgehead atoms. The summed E-state index contributed by atoms with van der Waals surface area (Å²) in [4.78, 5) is 57.8. The van der Waals surface area contributed by atoms with Crippen LogP contribution in [0.1, 0.15) is 95.4 Å². The predicted molar refractivity (Wildman–Crippen MR) is 238 cm³/mol. The number of carbonyl (C=O) groups excluding carboxylic acids is 3. The van der Waals surface area contributed by atoms with Crippen LogP contribution in [0.15, 0.2) is 59.9 Å². The number of nitrogens with one attached hydrogen (secondary N) is 3. The number of aromatic nitrogens is 2. The first-order valence-electron chi connectivity index (χ1n) is 21.9. The average molecular weight is 853 g/mol. The zero-order valence-electron chi connectivity index (χ0n) is 37.1. The number of likely N-dealkylation sites (tertiary alicyclic amines) is 1. The Kier molecular flexibility index (Phi) is 11.6. The van der Waals surface area contributed by atoms with Gasteiger partial charge in [0.25, 0.3) is 5.91 Å². The Morgan fingerprint density at radius 1 is 0.984 bits per heavy atom. The molecule has 1 aromatic carbocycles. The van der Waals surface area contributed by atoms with Gasteiger partial charge in [0.2, 0.25) is 11.8 Å². The number of thiazole rings is 1. The summed E-state index contributed by atoms with van der Waals surface area (Å²) in [6.45, 7) is 22.6. The third-order valence-corrected chi connectivity index (χ3v) is 14.9. The van der Waals surface area contributed by atoms with Crippen molar-refractivity contribution >= 4 is 34.9 Å². The summed E-state index contributed by atoms with van der Waals surface area (Å²) >= 11 is 1.60. The Bertz CT molecular complexity index is 2120. The van der Waals surface area contributed by atoms with E-state index in [-0.39, 0.29) is 59.0 Å². The second-order valence-electron chi connectivity index (χ2n) is 20.5. The van der Waals surface area contributed by atoms with Crippen LogP contribution >= 0.6 is 11.3 Å². The average Bonchev–Trinajstić information content (AvgIpc) is 3.90. The van der Waals surface area contributed by atoms with Crippen molar-refractivity contribution in [3.8, 4) is 10.4 Å². The van der Waals surface area contributed by atoms with Gasteiger partial charge in [-0.15, -0.1) is 11.3 Å². The van der Waals surface area contributed by atoms with Crippen LogP contribution < -0.4 is 20.9 Å². The van der Waals surface area contributed by atoms with E-state index in [1.54, 1.807) is 22.4 Å². The van der Waals surface area contributed by atoms with Gasteiger partial charge < -0.3 is 35.6 Å². The van der Waals surface area contributed by atoms with E-state index in [0.717, 1.165) is 78.8 Å². The normalized spacial score (nSPS) is 25.8. The maximum absolute atomic E-state index is 14.3. The van der Waals surface area contributed by atoms with Crippen molar-refractivity contribution < 1.29 is 24.2 Å². The second-order valence-corrected chi connectivity index (χ2v) is 21.3. The molecule has 1 aliphatic carbocycles. The molecule has 0 spiro atoms. The topological polar surface area (TPSA) is 152 Å². The molecule has 13 nitrogen and oxygen atoms in total. The minimum Gasteiger partial charge on any atom is -0.391 e. The molecule has 3 amide bonds. The lowest BCUT2D eigenvalue weighted by molar-refractivity contribution is -0.141. The van der Waals surface area contributed by atoms with Crippen LogP contribution in [-0.2, 0) is 14.3 Å². The maximum Gasteiger partial charge on any atom is 0.253 e. The van der Waals surface area contributed by atoms with Gasteiger partial charge in [-0.25, -0.2) is 9.97 Å². The molecule has 4 fully saturated rings. The van der Waals surface area contributed by atoms with Crippen LogP contribution in [0.3, 0.4) is 0 Å². The van der Waals surface area contributed by atoms with Crippen LogP contribution in [0.2, 0.25) is 0 Å². The van der Waals surface area contributed by atoms with Gasteiger partial charge in [0.05, 0.1) is 47.0 Å². The third-order valence-electron chi connectivity index (χ3n) is 13.9. The van der Waals surface area contributed by atoms with Crippen molar-refractivity contribution in [1.29, 1.82) is 0 Å². The Balaban J connectivity index is 0.833. The number of carbonyl (C=O) groups is 3. The summed E-state index contributed by atoms with van der Waals surface area (Å²) in [6, 6.07) is 10.5. The highest BCUT2D eigenvalue weighted by Gasteiger charge is 2.54. The lowest BCUT2D eigenvalue weighted by Gasteiger charge is -2.57. The lowest BCUT2D eigenvalue weighted by atomic mass is 9.52. The second kappa shape index (κ2) is 16.4. The van der Waals surface area contributed by atoms with Crippen LogP contribution in [0.4, 0.5) is 5.82 Å². The highest BCUT2D eigenvalue weighted by atomic mass is 32.1. The van der Waals surface area contributed by atoms with Gasteiger partial charge in [-0.3, -0.25) is 19.3 Å². The first kappa shape index (κ1) is 43.3. The molecule has 4 atom stereocenters. The molecule has 1 saturated carbocycles. The first-order valence-corrected chi connectivity index (χ1v) is 22.8. The predicted octanol–water partition coefficient (Wildman–Crippen LogP) is 5.32. The molecule has 3 aromatic rings. The first-order chi connectivity index (χ1) is 28.8. The van der Waals surface area contributed by atoms with Gasteiger partial charge in [0.1, 0.15) is 17.9 Å². The third kappa shape index (κ3) is 8.83. The number of pyridine rings is 1. The molecule has 4 N–H and O–H groups in total. The van der Waals surface area contributed by atoms with Gasteiger partial charge in [-0.2, -0.15) is 0 Å². The maximum atomic E-state index is 14.3. The lowest BCUT2D eigenvalue weighted by Crippen LogP contribution is -2.63. The number of hydrogen-bond donors (Lipinski definition) is 4. The van der Waals surface area contributed by atoms with Crippen molar-refractivity contribution in [3.63, 3.8) is 0 Å². The van der Waals surface area contributed by atoms with E-state index >= 15 is 0 Å². The number of amides is 3. The molecule has 6 heterocycles. The fraction of sp³-hybridized carbons (Fsp3) is 0.596. The summed E-state index contributed by atoms with van der Waals surface area (Å²) in [5.41, 5.74) is 6.08. The van der Waals surface area contributed by atoms with Gasteiger partial charge in [0, 0.05) is 74.5 Å². The Morgan fingerprint density at radius 2 is 1.69 bits per heavy atom. The summed E-state index contributed by atoms with van der Waals surface area (Å²) in [5.74, 6) is 0.380. The smallest absolute Gasteiger partial charge is 0.253 e. The Labute approximate surface area is 364 Å². The van der Waals surface area contributed by atoms with Crippen LogP contribution in [0, 0.1) is 28.6 Å². The molecule has 2 aromatic heterocycles. The minimum atomic E-state index is -0.774. The zero-order valence-corrected chi connectivity index (χ0v) is 37.9. The molecular weight excluding hydrogens is 789 g/mol. The van der Waals surface area contributed by atoms with E-state index in [0.29, 0.717) is 18.8 Å². The van der Waals surface area contributed by atoms with Crippen LogP contribution in [0.5, 0.6) is 0 Å². The Morgan fingerprint density at radius 3 is 2.28 bits per heavy atom. The number of allylic oxidation sites excluding steroid dienone is 1. The molecule has 328 valence electrons. The fourth-order valence-electron chi connectivity index (χ4n) is 11.1. The number of nitrogens with zero attached hydrogens (tertiary/aromatic N) is 5. The van der Waals surface area contributed by atoms with E-state index < -0.39 is 23.6 Å². The number of aliphatic hydroxyl groups is 1. The summed E-state index contributed by atoms with van der Waals surface area (Å²) in [5, 5.41) is 20.7. The van der Waals surface area contributed by atoms with Gasteiger partial charge >= 0.3 is 0 Å². The van der Waals surface area contributed by atoms with E-state index in [9.17, 15) is 19.5 Å². The molecule has 5 aliphatic rings. The minimum absolute atomic E-state index is 0.0677. The van der Waals surface area contributed by atoms with E-state index in [1.165, 1.54) is 0 Å². The number of aryl methyl sites for hydroxylation is 1.